The summed E-state index contributed by atoms with van der Waals surface area (Å²) in [4.78, 5) is 4.63. The molecule has 0 saturated carbocycles. The number of fused-ring (bicyclic) bond motifs is 1. The van der Waals surface area contributed by atoms with E-state index in [9.17, 15) is 0 Å². The molecular weight excluding hydrogens is 332 g/mol. The largest absolute Gasteiger partial charge is 0.355 e. The van der Waals surface area contributed by atoms with Gasteiger partial charge in [-0.05, 0) is 37.6 Å². The van der Waals surface area contributed by atoms with E-state index in [2.05, 4.69) is 70.4 Å². The van der Waals surface area contributed by atoms with Gasteiger partial charge in [0, 0.05) is 4.47 Å². The average molecular weight is 347 g/mol. The summed E-state index contributed by atoms with van der Waals surface area (Å²) in [5, 5.41) is 4.44. The minimum absolute atomic E-state index is 0.250. The molecular formula is C16H15BrN2S. The molecule has 1 N–H and O–H groups in total. The molecule has 2 aromatic carbocycles. The van der Waals surface area contributed by atoms with Gasteiger partial charge in [-0.2, -0.15) is 0 Å². The van der Waals surface area contributed by atoms with Crippen LogP contribution in [0.3, 0.4) is 0 Å². The average Bonchev–Trinajstić information content (AvgIpc) is 2.80. The number of hydrogen-bond acceptors (Lipinski definition) is 3. The second-order valence-corrected chi connectivity index (χ2v) is 6.85. The number of hydrogen-bond donors (Lipinski definition) is 1. The smallest absolute Gasteiger partial charge is 0.184 e. The van der Waals surface area contributed by atoms with Crippen LogP contribution in [0, 0.1) is 6.92 Å². The fourth-order valence-electron chi connectivity index (χ4n) is 2.09. The minimum Gasteiger partial charge on any atom is -0.355 e. The Labute approximate surface area is 131 Å². The molecule has 0 aliphatic heterocycles. The monoisotopic (exact) mass is 346 g/mol. The van der Waals surface area contributed by atoms with Gasteiger partial charge in [-0.3, -0.25) is 0 Å². The molecule has 0 spiro atoms. The summed E-state index contributed by atoms with van der Waals surface area (Å²) in [6, 6.07) is 15.1. The van der Waals surface area contributed by atoms with Gasteiger partial charge in [0.05, 0.1) is 16.3 Å². The summed E-state index contributed by atoms with van der Waals surface area (Å²) in [7, 11) is 0. The molecule has 1 atom stereocenters. The summed E-state index contributed by atoms with van der Waals surface area (Å²) in [6.45, 7) is 4.26. The van der Waals surface area contributed by atoms with Crippen molar-refractivity contribution in [2.24, 2.45) is 0 Å². The second-order valence-electron chi connectivity index (χ2n) is 4.91. The predicted octanol–water partition coefficient (Wildman–Crippen LogP) is 5.54. The summed E-state index contributed by atoms with van der Waals surface area (Å²) < 4.78 is 2.26. The number of benzene rings is 2. The zero-order valence-electron chi connectivity index (χ0n) is 11.4. The summed E-state index contributed by atoms with van der Waals surface area (Å²) in [6.07, 6.45) is 0. The van der Waals surface area contributed by atoms with Crippen LogP contribution in [-0.4, -0.2) is 4.98 Å². The van der Waals surface area contributed by atoms with E-state index in [1.807, 2.05) is 12.1 Å². The maximum Gasteiger partial charge on any atom is 0.184 e. The maximum atomic E-state index is 4.63. The second kappa shape index (κ2) is 5.54. The lowest BCUT2D eigenvalue weighted by atomic mass is 10.1. The van der Waals surface area contributed by atoms with Crippen LogP contribution in [0.5, 0.6) is 0 Å². The van der Waals surface area contributed by atoms with E-state index in [-0.39, 0.29) is 6.04 Å². The van der Waals surface area contributed by atoms with Crippen molar-refractivity contribution in [2.45, 2.75) is 19.9 Å². The summed E-state index contributed by atoms with van der Waals surface area (Å²) >= 11 is 5.17. The molecule has 0 bridgehead atoms. The van der Waals surface area contributed by atoms with Gasteiger partial charge in [0.15, 0.2) is 5.13 Å². The molecule has 0 saturated heterocycles. The van der Waals surface area contributed by atoms with Crippen LogP contribution in [0.2, 0.25) is 0 Å². The summed E-state index contributed by atoms with van der Waals surface area (Å²) in [5.41, 5.74) is 3.59. The Morgan fingerprint density at radius 3 is 2.65 bits per heavy atom. The first kappa shape index (κ1) is 13.6. The number of anilines is 1. The lowest BCUT2D eigenvalue weighted by Crippen LogP contribution is -2.05. The van der Waals surface area contributed by atoms with Crippen molar-refractivity contribution in [1.29, 1.82) is 0 Å². The first-order valence-corrected chi connectivity index (χ1v) is 8.12. The Bertz CT molecular complexity index is 734. The predicted molar refractivity (Wildman–Crippen MR) is 90.5 cm³/mol. The van der Waals surface area contributed by atoms with Gasteiger partial charge in [0.25, 0.3) is 0 Å². The molecule has 0 aliphatic carbocycles. The normalized spacial score (nSPS) is 12.6. The van der Waals surface area contributed by atoms with Crippen LogP contribution in [0.25, 0.3) is 10.2 Å². The van der Waals surface area contributed by atoms with Gasteiger partial charge < -0.3 is 5.32 Å². The number of halogens is 1. The van der Waals surface area contributed by atoms with Crippen molar-refractivity contribution in [1.82, 2.24) is 4.98 Å². The maximum absolute atomic E-state index is 4.63. The lowest BCUT2D eigenvalue weighted by molar-refractivity contribution is 0.882. The highest BCUT2D eigenvalue weighted by molar-refractivity contribution is 9.10. The Morgan fingerprint density at radius 2 is 1.90 bits per heavy atom. The van der Waals surface area contributed by atoms with Crippen LogP contribution in [0.1, 0.15) is 24.1 Å². The zero-order chi connectivity index (χ0) is 14.1. The molecule has 0 amide bonds. The number of aryl methyl sites for hydroxylation is 1. The molecule has 3 rings (SSSR count). The molecule has 0 aliphatic rings. The molecule has 102 valence electrons. The standard InChI is InChI=1S/C16H15BrN2S/c1-10-3-5-12(6-4-10)11(2)18-16-19-14-9-13(17)7-8-15(14)20-16/h3-9,11H,1-2H3,(H,18,19). The Hall–Kier alpha value is -1.39. The number of nitrogens with zero attached hydrogens (tertiary/aromatic N) is 1. The van der Waals surface area contributed by atoms with Crippen LogP contribution in [0.4, 0.5) is 5.13 Å². The van der Waals surface area contributed by atoms with E-state index in [4.69, 9.17) is 0 Å². The van der Waals surface area contributed by atoms with E-state index in [1.54, 1.807) is 11.3 Å². The Kier molecular flexibility index (Phi) is 3.76. The quantitative estimate of drug-likeness (QED) is 0.673. The fraction of sp³-hybridized carbons (Fsp3) is 0.188. The molecule has 0 radical (unpaired) electrons. The van der Waals surface area contributed by atoms with Gasteiger partial charge in [-0.15, -0.1) is 0 Å². The van der Waals surface area contributed by atoms with Crippen molar-refractivity contribution in [3.05, 3.63) is 58.1 Å². The number of thiazole rings is 1. The number of rotatable bonds is 3. The zero-order valence-corrected chi connectivity index (χ0v) is 13.8. The molecule has 3 aromatic rings. The third-order valence-corrected chi connectivity index (χ3v) is 4.73. The van der Waals surface area contributed by atoms with Crippen molar-refractivity contribution >= 4 is 42.6 Å². The van der Waals surface area contributed by atoms with E-state index >= 15 is 0 Å². The molecule has 1 aromatic heterocycles. The third kappa shape index (κ3) is 2.86. The first-order valence-electron chi connectivity index (χ1n) is 6.51. The van der Waals surface area contributed by atoms with Gasteiger partial charge >= 0.3 is 0 Å². The highest BCUT2D eigenvalue weighted by Gasteiger charge is 2.09. The van der Waals surface area contributed by atoms with Gasteiger partial charge in [-0.25, -0.2) is 4.98 Å². The molecule has 1 heterocycles. The molecule has 1 unspecified atom stereocenters. The topological polar surface area (TPSA) is 24.9 Å². The van der Waals surface area contributed by atoms with Crippen LogP contribution in [-0.2, 0) is 0 Å². The third-order valence-electron chi connectivity index (χ3n) is 3.27. The Morgan fingerprint density at radius 1 is 1.15 bits per heavy atom. The van der Waals surface area contributed by atoms with Crippen LogP contribution in [0.15, 0.2) is 46.9 Å². The van der Waals surface area contributed by atoms with Gasteiger partial charge in [0.1, 0.15) is 0 Å². The highest BCUT2D eigenvalue weighted by atomic mass is 79.9. The minimum atomic E-state index is 0.250. The SMILES string of the molecule is Cc1ccc(C(C)Nc2nc3cc(Br)ccc3s2)cc1. The van der Waals surface area contributed by atoms with E-state index in [0.717, 1.165) is 15.1 Å². The van der Waals surface area contributed by atoms with Crippen LogP contribution >= 0.6 is 27.3 Å². The van der Waals surface area contributed by atoms with Crippen molar-refractivity contribution in [3.8, 4) is 0 Å². The van der Waals surface area contributed by atoms with Gasteiger partial charge in [0.2, 0.25) is 0 Å². The highest BCUT2D eigenvalue weighted by Crippen LogP contribution is 2.30. The van der Waals surface area contributed by atoms with E-state index in [0.29, 0.717) is 0 Å². The van der Waals surface area contributed by atoms with Crippen molar-refractivity contribution < 1.29 is 0 Å². The molecule has 0 fully saturated rings. The molecule has 20 heavy (non-hydrogen) atoms. The lowest BCUT2D eigenvalue weighted by Gasteiger charge is -2.13. The summed E-state index contributed by atoms with van der Waals surface area (Å²) in [5.74, 6) is 0. The Balaban J connectivity index is 1.83. The first-order chi connectivity index (χ1) is 9.61. The van der Waals surface area contributed by atoms with Crippen molar-refractivity contribution in [2.75, 3.05) is 5.32 Å². The number of nitrogens with one attached hydrogen (secondary N) is 1. The van der Waals surface area contributed by atoms with Crippen molar-refractivity contribution in [3.63, 3.8) is 0 Å². The molecule has 4 heteroatoms. The fourth-order valence-corrected chi connectivity index (χ4v) is 3.37. The van der Waals surface area contributed by atoms with Crippen LogP contribution < -0.4 is 5.32 Å². The number of aromatic nitrogens is 1. The van der Waals surface area contributed by atoms with E-state index < -0.39 is 0 Å². The van der Waals surface area contributed by atoms with Gasteiger partial charge in [-0.1, -0.05) is 57.1 Å². The van der Waals surface area contributed by atoms with E-state index in [1.165, 1.54) is 15.8 Å². The molecule has 2 nitrogen and oxygen atoms in total.